The van der Waals surface area contributed by atoms with Gasteiger partial charge < -0.3 is 9.30 Å². The number of benzene rings is 1. The van der Waals surface area contributed by atoms with Crippen LogP contribution in [-0.2, 0) is 21.4 Å². The smallest absolute Gasteiger partial charge is 0.323 e. The van der Waals surface area contributed by atoms with Gasteiger partial charge in [-0.05, 0) is 56.1 Å². The molecule has 0 N–H and O–H groups in total. The topological polar surface area (TPSA) is 67.1 Å². The largest absolute Gasteiger partial charge is 0.465 e. The van der Waals surface area contributed by atoms with Crippen molar-refractivity contribution in [3.63, 3.8) is 0 Å². The summed E-state index contributed by atoms with van der Waals surface area (Å²) < 4.78 is 20.6. The molecule has 1 amide bonds. The summed E-state index contributed by atoms with van der Waals surface area (Å²) >= 11 is 0. The molecule has 32 heavy (non-hydrogen) atoms. The molecule has 0 spiro atoms. The van der Waals surface area contributed by atoms with Crippen LogP contribution in [0, 0.1) is 5.82 Å². The van der Waals surface area contributed by atoms with Crippen molar-refractivity contribution in [2.24, 2.45) is 12.1 Å². The third-order valence-corrected chi connectivity index (χ3v) is 6.18. The first-order valence-corrected chi connectivity index (χ1v) is 11.1. The first-order valence-electron chi connectivity index (χ1n) is 11.1. The van der Waals surface area contributed by atoms with E-state index in [4.69, 9.17) is 4.74 Å². The lowest BCUT2D eigenvalue weighted by Crippen LogP contribution is -2.49. The molecule has 2 aromatic rings. The van der Waals surface area contributed by atoms with Crippen LogP contribution < -0.4 is 0 Å². The first-order chi connectivity index (χ1) is 15.5. The van der Waals surface area contributed by atoms with Crippen molar-refractivity contribution in [2.75, 3.05) is 19.7 Å². The highest BCUT2D eigenvalue weighted by Gasteiger charge is 2.37. The zero-order chi connectivity index (χ0) is 22.7. The lowest BCUT2D eigenvalue weighted by molar-refractivity contribution is -0.152. The van der Waals surface area contributed by atoms with Crippen LogP contribution in [0.15, 0.2) is 47.7 Å². The number of ether oxygens (including phenoxy) is 1. The summed E-state index contributed by atoms with van der Waals surface area (Å²) in [5.74, 6) is -0.741. The monoisotopic (exact) mass is 440 g/mol. The first kappa shape index (κ1) is 22.2. The van der Waals surface area contributed by atoms with Gasteiger partial charge in [0.15, 0.2) is 0 Å². The maximum atomic E-state index is 13.4. The van der Waals surface area contributed by atoms with E-state index in [2.05, 4.69) is 5.10 Å². The van der Waals surface area contributed by atoms with E-state index in [0.29, 0.717) is 26.0 Å². The van der Waals surface area contributed by atoms with Gasteiger partial charge in [0, 0.05) is 25.4 Å². The molecule has 1 fully saturated rings. The van der Waals surface area contributed by atoms with Crippen LogP contribution in [0.25, 0.3) is 0 Å². The van der Waals surface area contributed by atoms with E-state index in [-0.39, 0.29) is 30.3 Å². The Morgan fingerprint density at radius 1 is 1.19 bits per heavy atom. The normalized spacial score (nSPS) is 21.5. The summed E-state index contributed by atoms with van der Waals surface area (Å²) in [6.07, 6.45) is 5.05. The highest BCUT2D eigenvalue weighted by Crippen LogP contribution is 2.33. The number of halogens is 1. The minimum atomic E-state index is -0.399. The van der Waals surface area contributed by atoms with Crippen LogP contribution in [-0.4, -0.2) is 57.8 Å². The van der Waals surface area contributed by atoms with E-state index in [1.807, 2.05) is 34.8 Å². The van der Waals surface area contributed by atoms with E-state index < -0.39 is 6.04 Å². The molecule has 1 saturated heterocycles. The molecule has 0 saturated carbocycles. The summed E-state index contributed by atoms with van der Waals surface area (Å²) in [5.41, 5.74) is 2.51. The Morgan fingerprint density at radius 2 is 1.97 bits per heavy atom. The Morgan fingerprint density at radius 3 is 2.66 bits per heavy atom. The van der Waals surface area contributed by atoms with Gasteiger partial charge in [-0.1, -0.05) is 18.6 Å². The maximum Gasteiger partial charge on any atom is 0.323 e. The summed E-state index contributed by atoms with van der Waals surface area (Å²) in [7, 11) is 1.94. The lowest BCUT2D eigenvalue weighted by Gasteiger charge is -2.34. The van der Waals surface area contributed by atoms with Gasteiger partial charge in [-0.25, -0.2) is 9.40 Å². The Kier molecular flexibility index (Phi) is 6.69. The number of hydrogen-bond acceptors (Lipinski definition) is 5. The van der Waals surface area contributed by atoms with E-state index >= 15 is 0 Å². The molecule has 2 aliphatic heterocycles. The van der Waals surface area contributed by atoms with Crippen molar-refractivity contribution in [2.45, 2.75) is 44.7 Å². The van der Waals surface area contributed by atoms with Crippen molar-refractivity contribution in [1.82, 2.24) is 14.5 Å². The number of esters is 1. The average molecular weight is 441 g/mol. The third kappa shape index (κ3) is 4.60. The number of aryl methyl sites for hydroxylation is 1. The molecule has 3 heterocycles. The van der Waals surface area contributed by atoms with Gasteiger partial charge in [0.1, 0.15) is 17.9 Å². The molecule has 0 unspecified atom stereocenters. The molecule has 7 nitrogen and oxygen atoms in total. The molecule has 170 valence electrons. The minimum Gasteiger partial charge on any atom is -0.465 e. The Balaban J connectivity index is 1.58. The molecule has 0 aliphatic carbocycles. The van der Waals surface area contributed by atoms with Gasteiger partial charge in [-0.15, -0.1) is 0 Å². The van der Waals surface area contributed by atoms with Gasteiger partial charge >= 0.3 is 5.97 Å². The molecular weight excluding hydrogens is 411 g/mol. The van der Waals surface area contributed by atoms with Crippen LogP contribution in [0.1, 0.15) is 49.9 Å². The molecule has 0 bridgehead atoms. The van der Waals surface area contributed by atoms with Gasteiger partial charge in [-0.2, -0.15) is 5.10 Å². The fourth-order valence-electron chi connectivity index (χ4n) is 4.54. The predicted octanol–water partition coefficient (Wildman–Crippen LogP) is 3.26. The number of hydrazone groups is 1. The quantitative estimate of drug-likeness (QED) is 0.647. The summed E-state index contributed by atoms with van der Waals surface area (Å²) in [5, 5.41) is 6.19. The highest BCUT2D eigenvalue weighted by molar-refractivity contribution is 6.03. The van der Waals surface area contributed by atoms with Crippen molar-refractivity contribution in [1.29, 1.82) is 0 Å². The molecule has 0 radical (unpaired) electrons. The van der Waals surface area contributed by atoms with E-state index in [9.17, 15) is 14.0 Å². The predicted molar refractivity (Wildman–Crippen MR) is 118 cm³/mol. The van der Waals surface area contributed by atoms with Gasteiger partial charge in [-0.3, -0.25) is 14.5 Å². The Labute approximate surface area is 187 Å². The number of aromatic nitrogens is 1. The zero-order valence-electron chi connectivity index (χ0n) is 18.5. The second-order valence-electron chi connectivity index (χ2n) is 8.29. The number of hydrogen-bond donors (Lipinski definition) is 0. The van der Waals surface area contributed by atoms with E-state index in [0.717, 1.165) is 29.8 Å². The molecule has 4 rings (SSSR count). The fourth-order valence-corrected chi connectivity index (χ4v) is 4.54. The second kappa shape index (κ2) is 9.65. The van der Waals surface area contributed by atoms with Crippen molar-refractivity contribution in [3.05, 3.63) is 59.7 Å². The van der Waals surface area contributed by atoms with Gasteiger partial charge in [0.25, 0.3) is 5.91 Å². The molecule has 1 aromatic carbocycles. The van der Waals surface area contributed by atoms with Crippen LogP contribution in [0.5, 0.6) is 0 Å². The number of likely N-dealkylation sites (tertiary alicyclic amines) is 1. The molecule has 8 heteroatoms. The molecule has 1 aromatic heterocycles. The van der Waals surface area contributed by atoms with E-state index in [1.165, 1.54) is 17.1 Å². The second-order valence-corrected chi connectivity index (χ2v) is 8.29. The van der Waals surface area contributed by atoms with E-state index in [1.54, 1.807) is 19.1 Å². The fraction of sp³-hybridized carbons (Fsp3) is 0.458. The third-order valence-electron chi connectivity index (χ3n) is 6.18. The SMILES string of the molecule is CCOC(=O)[C@@H]1CCCCN1CC(=O)N1N=C(c2ccc(F)cc2)C[C@@H]1c1cccn1C. The number of amides is 1. The van der Waals surface area contributed by atoms with Crippen molar-refractivity contribution < 1.29 is 18.7 Å². The average Bonchev–Trinajstić information content (AvgIpc) is 3.41. The van der Waals surface area contributed by atoms with Crippen LogP contribution in [0.4, 0.5) is 4.39 Å². The lowest BCUT2D eigenvalue weighted by atomic mass is 10.0. The van der Waals surface area contributed by atoms with Gasteiger partial charge in [0.05, 0.1) is 18.9 Å². The van der Waals surface area contributed by atoms with Crippen molar-refractivity contribution in [3.8, 4) is 0 Å². The van der Waals surface area contributed by atoms with Crippen molar-refractivity contribution >= 4 is 17.6 Å². The number of rotatable bonds is 6. The number of piperidine rings is 1. The maximum absolute atomic E-state index is 13.4. The molecular formula is C24H29FN4O3. The standard InChI is InChI=1S/C24H29FN4O3/c1-3-32-24(31)21-7-4-5-14-28(21)16-23(30)29-22(20-8-6-13-27(20)2)15-19(26-29)17-9-11-18(25)12-10-17/h6,8-13,21-22H,3-5,7,14-16H2,1-2H3/t21-,22+/m0/s1. The molecule has 2 atom stereocenters. The Bertz CT molecular complexity index is 1000. The van der Waals surface area contributed by atoms with Crippen LogP contribution >= 0.6 is 0 Å². The zero-order valence-corrected chi connectivity index (χ0v) is 18.5. The summed E-state index contributed by atoms with van der Waals surface area (Å²) in [6, 6.07) is 9.44. The minimum absolute atomic E-state index is 0.102. The summed E-state index contributed by atoms with van der Waals surface area (Å²) in [4.78, 5) is 27.8. The Hall–Kier alpha value is -3.00. The van der Waals surface area contributed by atoms with Crippen LogP contribution in [0.3, 0.4) is 0 Å². The number of nitrogens with zero attached hydrogens (tertiary/aromatic N) is 4. The molecule has 2 aliphatic rings. The van der Waals surface area contributed by atoms with Gasteiger partial charge in [0.2, 0.25) is 0 Å². The van der Waals surface area contributed by atoms with Crippen LogP contribution in [0.2, 0.25) is 0 Å². The number of carbonyl (C=O) groups is 2. The highest BCUT2D eigenvalue weighted by atomic mass is 19.1. The number of carbonyl (C=O) groups excluding carboxylic acids is 2. The summed E-state index contributed by atoms with van der Waals surface area (Å²) in [6.45, 7) is 2.89.